The van der Waals surface area contributed by atoms with Gasteiger partial charge in [0, 0.05) is 18.0 Å². The second-order valence-corrected chi connectivity index (χ2v) is 6.61. The number of nitrogens with one attached hydrogen (secondary N) is 1. The zero-order chi connectivity index (χ0) is 14.4. The summed E-state index contributed by atoms with van der Waals surface area (Å²) in [5.41, 5.74) is 3.03. The number of aliphatic imine (C=N–C) groups is 1. The fourth-order valence-electron chi connectivity index (χ4n) is 2.55. The van der Waals surface area contributed by atoms with Crippen LogP contribution in [0.5, 0.6) is 0 Å². The van der Waals surface area contributed by atoms with E-state index in [1.165, 1.54) is 36.3 Å². The summed E-state index contributed by atoms with van der Waals surface area (Å²) in [5, 5.41) is 4.62. The van der Waals surface area contributed by atoms with Crippen LogP contribution in [0.25, 0.3) is 0 Å². The van der Waals surface area contributed by atoms with Crippen molar-refractivity contribution >= 4 is 22.6 Å². The molecule has 0 saturated heterocycles. The molecule has 2 nitrogen and oxygen atoms in total. The van der Waals surface area contributed by atoms with Gasteiger partial charge in [-0.15, -0.1) is 0 Å². The van der Waals surface area contributed by atoms with Gasteiger partial charge >= 0.3 is 0 Å². The second-order valence-electron chi connectivity index (χ2n) is 5.65. The number of benzene rings is 1. The molecule has 1 N–H and O–H groups in total. The van der Waals surface area contributed by atoms with Crippen molar-refractivity contribution < 1.29 is 0 Å². The Bertz CT molecular complexity index is 464. The van der Waals surface area contributed by atoms with Gasteiger partial charge in [0.1, 0.15) is 0 Å². The smallest absolute Gasteiger partial charge is 0.161 e. The molecule has 0 aliphatic carbocycles. The lowest BCUT2D eigenvalue weighted by Crippen LogP contribution is -2.32. The molecule has 0 aromatic heterocycles. The highest BCUT2D eigenvalue weighted by atomic mass is 32.2. The number of rotatable bonds is 5. The van der Waals surface area contributed by atoms with Crippen molar-refractivity contribution in [2.24, 2.45) is 10.4 Å². The minimum atomic E-state index is 0.415. The Morgan fingerprint density at radius 2 is 1.95 bits per heavy atom. The van der Waals surface area contributed by atoms with Crippen molar-refractivity contribution in [3.05, 3.63) is 29.8 Å². The summed E-state index contributed by atoms with van der Waals surface area (Å²) in [6, 6.07) is 8.58. The Morgan fingerprint density at radius 1 is 1.20 bits per heavy atom. The van der Waals surface area contributed by atoms with Gasteiger partial charge in [0.15, 0.2) is 5.17 Å². The lowest BCUT2D eigenvalue weighted by atomic mass is 9.84. The van der Waals surface area contributed by atoms with Gasteiger partial charge in [-0.2, -0.15) is 0 Å². The zero-order valence-electron chi connectivity index (χ0n) is 12.9. The van der Waals surface area contributed by atoms with Crippen LogP contribution in [0, 0.1) is 5.41 Å². The van der Waals surface area contributed by atoms with E-state index in [4.69, 9.17) is 4.99 Å². The molecule has 1 aliphatic rings. The molecule has 1 heterocycles. The summed E-state index contributed by atoms with van der Waals surface area (Å²) < 4.78 is 0. The third kappa shape index (κ3) is 3.57. The molecule has 110 valence electrons. The van der Waals surface area contributed by atoms with Gasteiger partial charge in [0.25, 0.3) is 0 Å². The van der Waals surface area contributed by atoms with E-state index in [0.29, 0.717) is 5.41 Å². The third-order valence-corrected chi connectivity index (χ3v) is 5.61. The predicted molar refractivity (Wildman–Crippen MR) is 91.8 cm³/mol. The molecule has 3 heteroatoms. The topological polar surface area (TPSA) is 24.4 Å². The monoisotopic (exact) mass is 290 g/mol. The molecule has 1 aliphatic heterocycles. The largest absolute Gasteiger partial charge is 0.335 e. The Kier molecular flexibility index (Phi) is 5.53. The maximum Gasteiger partial charge on any atom is 0.161 e. The van der Waals surface area contributed by atoms with E-state index in [1.54, 1.807) is 0 Å². The lowest BCUT2D eigenvalue weighted by Gasteiger charge is -2.33. The Hall–Kier alpha value is -0.960. The minimum absolute atomic E-state index is 0.415. The third-order valence-electron chi connectivity index (χ3n) is 4.35. The highest BCUT2D eigenvalue weighted by molar-refractivity contribution is 8.14. The summed E-state index contributed by atoms with van der Waals surface area (Å²) in [4.78, 5) is 4.79. The molecule has 0 unspecified atom stereocenters. The molecule has 0 fully saturated rings. The van der Waals surface area contributed by atoms with Crippen LogP contribution >= 0.6 is 11.8 Å². The Morgan fingerprint density at radius 3 is 2.55 bits per heavy atom. The van der Waals surface area contributed by atoms with Gasteiger partial charge in [-0.3, -0.25) is 4.99 Å². The molecular formula is C17H26N2S. The predicted octanol–water partition coefficient (Wildman–Crippen LogP) is 4.96. The highest BCUT2D eigenvalue weighted by Gasteiger charge is 2.30. The van der Waals surface area contributed by atoms with Crippen LogP contribution in [-0.2, 0) is 6.42 Å². The molecule has 0 saturated carbocycles. The van der Waals surface area contributed by atoms with Crippen molar-refractivity contribution in [3.63, 3.8) is 0 Å². The average molecular weight is 290 g/mol. The number of para-hydroxylation sites is 1. The maximum atomic E-state index is 4.79. The van der Waals surface area contributed by atoms with E-state index in [0.717, 1.165) is 18.1 Å². The average Bonchev–Trinajstić information content (AvgIpc) is 2.51. The highest BCUT2D eigenvalue weighted by Crippen LogP contribution is 2.35. The lowest BCUT2D eigenvalue weighted by molar-refractivity contribution is 0.318. The van der Waals surface area contributed by atoms with Gasteiger partial charge in [-0.1, -0.05) is 57.2 Å². The number of hydrogen-bond donors (Lipinski definition) is 1. The minimum Gasteiger partial charge on any atom is -0.335 e. The summed E-state index contributed by atoms with van der Waals surface area (Å²) in [5.74, 6) is 1.18. The fraction of sp³-hybridized carbons (Fsp3) is 0.588. The van der Waals surface area contributed by atoms with Gasteiger partial charge in [0.05, 0.1) is 0 Å². The molecule has 1 aromatic rings. The summed E-state index contributed by atoms with van der Waals surface area (Å²) in [6.45, 7) is 7.76. The Labute approximate surface area is 127 Å². The Balaban J connectivity index is 2.07. The quantitative estimate of drug-likeness (QED) is 0.829. The van der Waals surface area contributed by atoms with Crippen molar-refractivity contribution in [2.45, 2.75) is 46.5 Å². The van der Waals surface area contributed by atoms with Gasteiger partial charge in [-0.25, -0.2) is 0 Å². The van der Waals surface area contributed by atoms with Crippen molar-refractivity contribution in [2.75, 3.05) is 17.6 Å². The van der Waals surface area contributed by atoms with Gasteiger partial charge < -0.3 is 5.32 Å². The molecule has 1 aromatic carbocycles. The molecule has 0 atom stereocenters. The number of amidine groups is 1. The van der Waals surface area contributed by atoms with Crippen LogP contribution in [0.15, 0.2) is 29.3 Å². The summed E-state index contributed by atoms with van der Waals surface area (Å²) >= 11 is 1.88. The molecule has 2 rings (SSSR count). The first-order chi connectivity index (χ1) is 9.73. The molecule has 0 amide bonds. The molecule has 0 bridgehead atoms. The first kappa shape index (κ1) is 15.4. The van der Waals surface area contributed by atoms with Crippen LogP contribution in [0.4, 0.5) is 5.69 Å². The first-order valence-corrected chi connectivity index (χ1v) is 8.73. The van der Waals surface area contributed by atoms with E-state index < -0.39 is 0 Å². The van der Waals surface area contributed by atoms with Crippen LogP contribution in [0.2, 0.25) is 0 Å². The number of aryl methyl sites for hydroxylation is 1. The van der Waals surface area contributed by atoms with Crippen molar-refractivity contribution in [3.8, 4) is 0 Å². The van der Waals surface area contributed by atoms with Crippen LogP contribution in [-0.4, -0.2) is 17.5 Å². The first-order valence-electron chi connectivity index (χ1n) is 7.75. The van der Waals surface area contributed by atoms with E-state index in [2.05, 4.69) is 50.4 Å². The number of anilines is 1. The van der Waals surface area contributed by atoms with E-state index in [1.807, 2.05) is 11.8 Å². The number of hydrogen-bond acceptors (Lipinski definition) is 3. The summed E-state index contributed by atoms with van der Waals surface area (Å²) in [6.07, 6.45) is 4.74. The van der Waals surface area contributed by atoms with Gasteiger partial charge in [-0.05, 0) is 36.3 Å². The molecule has 0 spiro atoms. The summed E-state index contributed by atoms with van der Waals surface area (Å²) in [7, 11) is 0. The molecule has 20 heavy (non-hydrogen) atoms. The standard InChI is InChI=1S/C17H26N2S/c1-4-9-14-10-7-8-11-15(14)19-16-18-12-17(5-2,6-3)13-20-16/h7-8,10-11H,4-6,9,12-13H2,1-3H3,(H,18,19). The van der Waals surface area contributed by atoms with E-state index in [-0.39, 0.29) is 0 Å². The fourth-order valence-corrected chi connectivity index (χ4v) is 3.83. The maximum absolute atomic E-state index is 4.79. The molecular weight excluding hydrogens is 264 g/mol. The number of thioether (sulfide) groups is 1. The second kappa shape index (κ2) is 7.16. The van der Waals surface area contributed by atoms with Crippen LogP contribution in [0.3, 0.4) is 0 Å². The normalized spacial score (nSPS) is 17.6. The van der Waals surface area contributed by atoms with E-state index >= 15 is 0 Å². The SMILES string of the molecule is CCCc1ccccc1NC1=NCC(CC)(CC)CS1. The van der Waals surface area contributed by atoms with Crippen molar-refractivity contribution in [1.82, 2.24) is 0 Å². The van der Waals surface area contributed by atoms with Crippen LogP contribution in [0.1, 0.15) is 45.6 Å². The van der Waals surface area contributed by atoms with E-state index in [9.17, 15) is 0 Å². The van der Waals surface area contributed by atoms with Gasteiger partial charge in [0.2, 0.25) is 0 Å². The van der Waals surface area contributed by atoms with Crippen LogP contribution < -0.4 is 5.32 Å². The number of nitrogens with zero attached hydrogens (tertiary/aromatic N) is 1. The zero-order valence-corrected chi connectivity index (χ0v) is 13.7. The van der Waals surface area contributed by atoms with Crippen molar-refractivity contribution in [1.29, 1.82) is 0 Å². The molecule has 0 radical (unpaired) electrons.